The molecular formula is C20H23NO3. The Morgan fingerprint density at radius 2 is 1.62 bits per heavy atom. The molecule has 0 amide bonds. The van der Waals surface area contributed by atoms with Gasteiger partial charge in [0.15, 0.2) is 11.5 Å². The highest BCUT2D eigenvalue weighted by molar-refractivity contribution is 5.82. The molecule has 0 aliphatic heterocycles. The lowest BCUT2D eigenvalue weighted by Crippen LogP contribution is -1.94. The number of aromatic nitrogens is 1. The molecule has 24 heavy (non-hydrogen) atoms. The van der Waals surface area contributed by atoms with Crippen molar-refractivity contribution in [2.45, 2.75) is 25.7 Å². The predicted octanol–water partition coefficient (Wildman–Crippen LogP) is 4.46. The molecule has 2 N–H and O–H groups in total. The number of phenols is 1. The molecule has 0 saturated heterocycles. The van der Waals surface area contributed by atoms with Gasteiger partial charge in [-0.15, -0.1) is 0 Å². The van der Waals surface area contributed by atoms with Crippen LogP contribution in [-0.4, -0.2) is 24.3 Å². The van der Waals surface area contributed by atoms with Crippen LogP contribution in [0.1, 0.15) is 24.0 Å². The Labute approximate surface area is 142 Å². The van der Waals surface area contributed by atoms with Crippen LogP contribution >= 0.6 is 0 Å². The van der Waals surface area contributed by atoms with Gasteiger partial charge in [-0.3, -0.25) is 0 Å². The molecule has 0 aliphatic carbocycles. The average molecular weight is 325 g/mol. The largest absolute Gasteiger partial charge is 0.502 e. The highest BCUT2D eigenvalue weighted by Gasteiger charge is 2.11. The van der Waals surface area contributed by atoms with Crippen LogP contribution in [-0.2, 0) is 12.8 Å². The topological polar surface area (TPSA) is 54.5 Å². The lowest BCUT2D eigenvalue weighted by molar-refractivity contribution is 0.339. The maximum absolute atomic E-state index is 9.96. The summed E-state index contributed by atoms with van der Waals surface area (Å²) in [7, 11) is 3.10. The Morgan fingerprint density at radius 1 is 0.958 bits per heavy atom. The molecular weight excluding hydrogens is 302 g/mol. The van der Waals surface area contributed by atoms with Crippen molar-refractivity contribution >= 4 is 10.9 Å². The first-order valence-corrected chi connectivity index (χ1v) is 8.21. The molecule has 0 unspecified atom stereocenters. The van der Waals surface area contributed by atoms with Crippen LogP contribution in [0.25, 0.3) is 10.9 Å². The van der Waals surface area contributed by atoms with Crippen molar-refractivity contribution in [3.8, 4) is 17.2 Å². The number of benzene rings is 2. The number of para-hydroxylation sites is 1. The minimum absolute atomic E-state index is 0.0579. The number of rotatable bonds is 7. The van der Waals surface area contributed by atoms with Crippen LogP contribution in [0.3, 0.4) is 0 Å². The second kappa shape index (κ2) is 7.30. The van der Waals surface area contributed by atoms with Gasteiger partial charge in [0, 0.05) is 17.1 Å². The summed E-state index contributed by atoms with van der Waals surface area (Å²) in [5, 5.41) is 11.3. The Morgan fingerprint density at radius 3 is 2.33 bits per heavy atom. The van der Waals surface area contributed by atoms with E-state index >= 15 is 0 Å². The van der Waals surface area contributed by atoms with E-state index in [0.29, 0.717) is 11.5 Å². The zero-order chi connectivity index (χ0) is 16.9. The van der Waals surface area contributed by atoms with E-state index in [1.165, 1.54) is 16.5 Å². The fourth-order valence-corrected chi connectivity index (χ4v) is 3.08. The zero-order valence-corrected chi connectivity index (χ0v) is 14.1. The summed E-state index contributed by atoms with van der Waals surface area (Å²) in [5.41, 5.74) is 3.67. The van der Waals surface area contributed by atoms with E-state index in [2.05, 4.69) is 29.4 Å². The summed E-state index contributed by atoms with van der Waals surface area (Å²) in [6.07, 6.45) is 6.26. The van der Waals surface area contributed by atoms with Crippen molar-refractivity contribution in [3.63, 3.8) is 0 Å². The molecule has 0 spiro atoms. The number of fused-ring (bicyclic) bond motifs is 1. The molecule has 2 aromatic carbocycles. The molecule has 1 heterocycles. The van der Waals surface area contributed by atoms with E-state index in [-0.39, 0.29) is 5.75 Å². The van der Waals surface area contributed by atoms with E-state index in [9.17, 15) is 5.11 Å². The Kier molecular flexibility index (Phi) is 4.94. The van der Waals surface area contributed by atoms with Crippen molar-refractivity contribution in [1.82, 2.24) is 4.98 Å². The number of phenolic OH excluding ortho intramolecular Hbond substituents is 1. The van der Waals surface area contributed by atoms with Gasteiger partial charge in [-0.1, -0.05) is 18.2 Å². The fourth-order valence-electron chi connectivity index (χ4n) is 3.08. The summed E-state index contributed by atoms with van der Waals surface area (Å²) in [4.78, 5) is 3.32. The highest BCUT2D eigenvalue weighted by atomic mass is 16.5. The summed E-state index contributed by atoms with van der Waals surface area (Å²) < 4.78 is 10.4. The maximum atomic E-state index is 9.96. The SMILES string of the molecule is COc1cc(CCCCc2c[nH]c3ccccc23)cc(OC)c1O. The van der Waals surface area contributed by atoms with Crippen molar-refractivity contribution in [3.05, 3.63) is 53.7 Å². The Hall–Kier alpha value is -2.62. The number of H-pyrrole nitrogens is 1. The predicted molar refractivity (Wildman–Crippen MR) is 96.2 cm³/mol. The molecule has 0 aliphatic rings. The number of ether oxygens (including phenoxy) is 2. The van der Waals surface area contributed by atoms with Crippen molar-refractivity contribution in [2.75, 3.05) is 14.2 Å². The monoisotopic (exact) mass is 325 g/mol. The highest BCUT2D eigenvalue weighted by Crippen LogP contribution is 2.37. The van der Waals surface area contributed by atoms with Crippen LogP contribution in [0.4, 0.5) is 0 Å². The molecule has 1 aromatic heterocycles. The van der Waals surface area contributed by atoms with Gasteiger partial charge in [0.1, 0.15) is 0 Å². The first-order valence-electron chi connectivity index (χ1n) is 8.21. The van der Waals surface area contributed by atoms with Gasteiger partial charge in [0.2, 0.25) is 5.75 Å². The number of methoxy groups -OCH3 is 2. The summed E-state index contributed by atoms with van der Waals surface area (Å²) in [6, 6.07) is 12.2. The Bertz CT molecular complexity index is 798. The quantitative estimate of drug-likeness (QED) is 0.631. The minimum atomic E-state index is 0.0579. The van der Waals surface area contributed by atoms with Crippen LogP contribution in [0.5, 0.6) is 17.2 Å². The number of nitrogens with one attached hydrogen (secondary N) is 1. The molecule has 0 fully saturated rings. The molecule has 3 aromatic rings. The number of aromatic amines is 1. The van der Waals surface area contributed by atoms with Crippen LogP contribution in [0.2, 0.25) is 0 Å². The van der Waals surface area contributed by atoms with Crippen LogP contribution in [0.15, 0.2) is 42.6 Å². The molecule has 0 bridgehead atoms. The number of aromatic hydroxyl groups is 1. The van der Waals surface area contributed by atoms with Crippen LogP contribution < -0.4 is 9.47 Å². The molecule has 0 saturated carbocycles. The van der Waals surface area contributed by atoms with Crippen LogP contribution in [0, 0.1) is 0 Å². The van der Waals surface area contributed by atoms with E-state index in [1.54, 1.807) is 14.2 Å². The summed E-state index contributed by atoms with van der Waals surface area (Å²) in [5.74, 6) is 0.976. The summed E-state index contributed by atoms with van der Waals surface area (Å²) in [6.45, 7) is 0. The van der Waals surface area contributed by atoms with Crippen molar-refractivity contribution in [2.24, 2.45) is 0 Å². The van der Waals surface area contributed by atoms with E-state index in [4.69, 9.17) is 9.47 Å². The van der Waals surface area contributed by atoms with Gasteiger partial charge in [-0.25, -0.2) is 0 Å². The molecule has 4 nitrogen and oxygen atoms in total. The van der Waals surface area contributed by atoms with Gasteiger partial charge in [0.05, 0.1) is 14.2 Å². The van der Waals surface area contributed by atoms with E-state index < -0.39 is 0 Å². The molecule has 0 atom stereocenters. The first kappa shape index (κ1) is 16.2. The van der Waals surface area contributed by atoms with Gasteiger partial charge in [-0.05, 0) is 55.0 Å². The first-order chi connectivity index (χ1) is 11.7. The summed E-state index contributed by atoms with van der Waals surface area (Å²) >= 11 is 0. The minimum Gasteiger partial charge on any atom is -0.502 e. The molecule has 0 radical (unpaired) electrons. The zero-order valence-electron chi connectivity index (χ0n) is 14.1. The smallest absolute Gasteiger partial charge is 0.200 e. The number of aryl methyl sites for hydroxylation is 2. The number of hydrogen-bond donors (Lipinski definition) is 2. The lowest BCUT2D eigenvalue weighted by Gasteiger charge is -2.11. The number of unbranched alkanes of at least 4 members (excludes halogenated alkanes) is 1. The lowest BCUT2D eigenvalue weighted by atomic mass is 10.0. The third kappa shape index (κ3) is 3.32. The van der Waals surface area contributed by atoms with Crippen molar-refractivity contribution in [1.29, 1.82) is 0 Å². The fraction of sp³-hybridized carbons (Fsp3) is 0.300. The third-order valence-corrected chi connectivity index (χ3v) is 4.38. The van der Waals surface area contributed by atoms with E-state index in [0.717, 1.165) is 31.2 Å². The van der Waals surface area contributed by atoms with Crippen molar-refractivity contribution < 1.29 is 14.6 Å². The second-order valence-electron chi connectivity index (χ2n) is 5.92. The van der Waals surface area contributed by atoms with Gasteiger partial charge < -0.3 is 19.6 Å². The maximum Gasteiger partial charge on any atom is 0.200 e. The Balaban J connectivity index is 1.60. The molecule has 4 heteroatoms. The third-order valence-electron chi connectivity index (χ3n) is 4.38. The normalized spacial score (nSPS) is 10.9. The molecule has 126 valence electrons. The number of hydrogen-bond acceptors (Lipinski definition) is 3. The average Bonchev–Trinajstić information content (AvgIpc) is 3.03. The second-order valence-corrected chi connectivity index (χ2v) is 5.92. The van der Waals surface area contributed by atoms with Gasteiger partial charge in [-0.2, -0.15) is 0 Å². The standard InChI is InChI=1S/C20H23NO3/c1-23-18-11-14(12-19(24-2)20(18)22)7-3-4-8-15-13-21-17-10-6-5-9-16(15)17/h5-6,9-13,21-22H,3-4,7-8H2,1-2H3. The van der Waals surface area contributed by atoms with Gasteiger partial charge in [0.25, 0.3) is 0 Å². The van der Waals surface area contributed by atoms with E-state index in [1.807, 2.05) is 18.2 Å². The van der Waals surface area contributed by atoms with Gasteiger partial charge >= 0.3 is 0 Å². The molecule has 3 rings (SSSR count).